The summed E-state index contributed by atoms with van der Waals surface area (Å²) in [5, 5.41) is 6.10. The summed E-state index contributed by atoms with van der Waals surface area (Å²) in [6.07, 6.45) is 0.0389. The molecule has 10 heteroatoms. The van der Waals surface area contributed by atoms with E-state index in [-0.39, 0.29) is 18.2 Å². The maximum Gasteiger partial charge on any atom is 0.238 e. The number of halogens is 1. The molecule has 3 aromatic rings. The Bertz CT molecular complexity index is 1110. The van der Waals surface area contributed by atoms with E-state index in [0.29, 0.717) is 40.6 Å². The van der Waals surface area contributed by atoms with Gasteiger partial charge in [0.15, 0.2) is 16.6 Å². The molecule has 0 bridgehead atoms. The zero-order valence-corrected chi connectivity index (χ0v) is 17.2. The second-order valence-electron chi connectivity index (χ2n) is 6.47. The summed E-state index contributed by atoms with van der Waals surface area (Å²) in [6.45, 7) is 1.01. The minimum Gasteiger partial charge on any atom is -0.486 e. The summed E-state index contributed by atoms with van der Waals surface area (Å²) in [5.74, 6) is 0.845. The number of nitrogens with one attached hydrogen (secondary N) is 2. The molecule has 0 fully saturated rings. The molecule has 5 rings (SSSR count). The highest BCUT2D eigenvalue weighted by atomic mass is 35.5. The largest absolute Gasteiger partial charge is 0.486 e. The molecule has 3 heterocycles. The molecule has 0 radical (unpaired) electrons. The third kappa shape index (κ3) is 3.73. The molecule has 2 amide bonds. The van der Waals surface area contributed by atoms with E-state index in [0.717, 1.165) is 15.1 Å². The molecule has 7 nitrogen and oxygen atoms in total. The Morgan fingerprint density at radius 1 is 1.24 bits per heavy atom. The summed E-state index contributed by atoms with van der Waals surface area (Å²) in [4.78, 5) is 30.2. The standard InChI is InChI=1S/C19H14ClN3O4S2/c20-9-1-2-14-10(5-9)21-18(25)16(28-14)8-17(24)23-19-22-11-6-12-13(7-15(11)29-19)27-4-3-26-12/h1-2,5-7,16H,3-4,8H2,(H,21,25)(H,22,23,24). The van der Waals surface area contributed by atoms with E-state index in [1.165, 1.54) is 23.1 Å². The fourth-order valence-corrected chi connectivity index (χ4v) is 5.27. The van der Waals surface area contributed by atoms with Crippen LogP contribution in [0.1, 0.15) is 6.42 Å². The number of hydrogen-bond acceptors (Lipinski definition) is 7. The number of fused-ring (bicyclic) bond motifs is 3. The first-order valence-corrected chi connectivity index (χ1v) is 10.9. The number of thiazole rings is 1. The zero-order valence-electron chi connectivity index (χ0n) is 14.9. The Balaban J connectivity index is 1.29. The lowest BCUT2D eigenvalue weighted by atomic mass is 10.2. The summed E-state index contributed by atoms with van der Waals surface area (Å²) in [5.41, 5.74) is 1.40. The molecule has 0 aliphatic carbocycles. The summed E-state index contributed by atoms with van der Waals surface area (Å²) in [6, 6.07) is 8.97. The van der Waals surface area contributed by atoms with Gasteiger partial charge in [0.25, 0.3) is 0 Å². The van der Waals surface area contributed by atoms with Gasteiger partial charge in [-0.15, -0.1) is 11.8 Å². The lowest BCUT2D eigenvalue weighted by Gasteiger charge is -2.23. The monoisotopic (exact) mass is 447 g/mol. The maximum absolute atomic E-state index is 12.5. The molecule has 1 unspecified atom stereocenters. The first kappa shape index (κ1) is 18.5. The Morgan fingerprint density at radius 2 is 2.03 bits per heavy atom. The van der Waals surface area contributed by atoms with Crippen LogP contribution in [0.5, 0.6) is 11.5 Å². The molecule has 1 atom stereocenters. The van der Waals surface area contributed by atoms with Crippen LogP contribution in [0.15, 0.2) is 35.2 Å². The molecule has 29 heavy (non-hydrogen) atoms. The van der Waals surface area contributed by atoms with Crippen molar-refractivity contribution >= 4 is 67.5 Å². The second-order valence-corrected chi connectivity index (χ2v) is 9.18. The smallest absolute Gasteiger partial charge is 0.238 e. The van der Waals surface area contributed by atoms with Gasteiger partial charge in [0.2, 0.25) is 11.8 Å². The van der Waals surface area contributed by atoms with E-state index in [1.54, 1.807) is 12.1 Å². The van der Waals surface area contributed by atoms with Gasteiger partial charge in [0, 0.05) is 28.5 Å². The molecular formula is C19H14ClN3O4S2. The highest BCUT2D eigenvalue weighted by molar-refractivity contribution is 8.01. The van der Waals surface area contributed by atoms with E-state index < -0.39 is 5.25 Å². The van der Waals surface area contributed by atoms with Gasteiger partial charge >= 0.3 is 0 Å². The van der Waals surface area contributed by atoms with Gasteiger partial charge in [-0.25, -0.2) is 4.98 Å². The van der Waals surface area contributed by atoms with Crippen LogP contribution in [-0.4, -0.2) is 35.3 Å². The van der Waals surface area contributed by atoms with Crippen LogP contribution < -0.4 is 20.1 Å². The summed E-state index contributed by atoms with van der Waals surface area (Å²) in [7, 11) is 0. The van der Waals surface area contributed by atoms with Gasteiger partial charge in [-0.2, -0.15) is 0 Å². The van der Waals surface area contributed by atoms with Crippen LogP contribution in [0.25, 0.3) is 10.2 Å². The Kier molecular flexibility index (Phi) is 4.73. The number of nitrogens with zero attached hydrogens (tertiary/aromatic N) is 1. The Morgan fingerprint density at radius 3 is 2.86 bits per heavy atom. The number of ether oxygens (including phenoxy) is 2. The van der Waals surface area contributed by atoms with Crippen LogP contribution in [-0.2, 0) is 9.59 Å². The zero-order chi connectivity index (χ0) is 20.0. The van der Waals surface area contributed by atoms with Gasteiger partial charge in [-0.3, -0.25) is 9.59 Å². The molecule has 0 spiro atoms. The quantitative estimate of drug-likeness (QED) is 0.626. The van der Waals surface area contributed by atoms with Crippen molar-refractivity contribution in [3.05, 3.63) is 35.4 Å². The third-order valence-electron chi connectivity index (χ3n) is 4.43. The van der Waals surface area contributed by atoms with Crippen molar-refractivity contribution in [2.24, 2.45) is 0 Å². The minimum absolute atomic E-state index is 0.0389. The Hall–Kier alpha value is -2.49. The molecule has 2 aromatic carbocycles. The average Bonchev–Trinajstić information content (AvgIpc) is 3.07. The first-order chi connectivity index (χ1) is 14.0. The summed E-state index contributed by atoms with van der Waals surface area (Å²) >= 11 is 8.67. The van der Waals surface area contributed by atoms with Crippen LogP contribution >= 0.6 is 34.7 Å². The number of hydrogen-bond donors (Lipinski definition) is 2. The SMILES string of the molecule is O=C(CC1Sc2ccc(Cl)cc2NC1=O)Nc1nc2cc3c(cc2s1)OCCO3. The lowest BCUT2D eigenvalue weighted by molar-refractivity contribution is -0.120. The predicted molar refractivity (Wildman–Crippen MR) is 114 cm³/mol. The van der Waals surface area contributed by atoms with Crippen molar-refractivity contribution in [3.63, 3.8) is 0 Å². The average molecular weight is 448 g/mol. The van der Waals surface area contributed by atoms with E-state index >= 15 is 0 Å². The summed E-state index contributed by atoms with van der Waals surface area (Å²) < 4.78 is 12.0. The number of rotatable bonds is 3. The van der Waals surface area contributed by atoms with Crippen molar-refractivity contribution in [3.8, 4) is 11.5 Å². The number of aromatic nitrogens is 1. The fraction of sp³-hybridized carbons (Fsp3) is 0.211. The number of amides is 2. The Labute approximate surface area is 178 Å². The van der Waals surface area contributed by atoms with Crippen LogP contribution in [0, 0.1) is 0 Å². The second kappa shape index (κ2) is 7.40. The topological polar surface area (TPSA) is 89.6 Å². The van der Waals surface area contributed by atoms with Crippen molar-refractivity contribution in [1.82, 2.24) is 4.98 Å². The molecule has 2 N–H and O–H groups in total. The van der Waals surface area contributed by atoms with E-state index in [9.17, 15) is 9.59 Å². The molecule has 0 saturated heterocycles. The van der Waals surface area contributed by atoms with E-state index in [2.05, 4.69) is 15.6 Å². The molecule has 1 aromatic heterocycles. The first-order valence-electron chi connectivity index (χ1n) is 8.82. The number of thioether (sulfide) groups is 1. The van der Waals surface area contributed by atoms with E-state index in [1.807, 2.05) is 18.2 Å². The van der Waals surface area contributed by atoms with Crippen molar-refractivity contribution in [1.29, 1.82) is 0 Å². The fourth-order valence-electron chi connectivity index (χ4n) is 3.11. The van der Waals surface area contributed by atoms with Gasteiger partial charge in [0.05, 0.1) is 21.2 Å². The van der Waals surface area contributed by atoms with Gasteiger partial charge in [0.1, 0.15) is 13.2 Å². The third-order valence-corrected chi connectivity index (χ3v) is 6.87. The van der Waals surface area contributed by atoms with Gasteiger partial charge in [-0.05, 0) is 18.2 Å². The maximum atomic E-state index is 12.5. The molecular weight excluding hydrogens is 434 g/mol. The van der Waals surface area contributed by atoms with Crippen molar-refractivity contribution in [2.45, 2.75) is 16.6 Å². The molecule has 0 saturated carbocycles. The molecule has 2 aliphatic heterocycles. The van der Waals surface area contributed by atoms with Gasteiger partial charge in [-0.1, -0.05) is 22.9 Å². The van der Waals surface area contributed by atoms with Crippen LogP contribution in [0.4, 0.5) is 10.8 Å². The van der Waals surface area contributed by atoms with Crippen molar-refractivity contribution in [2.75, 3.05) is 23.8 Å². The number of anilines is 2. The molecule has 2 aliphatic rings. The van der Waals surface area contributed by atoms with Gasteiger partial charge < -0.3 is 20.1 Å². The minimum atomic E-state index is -0.521. The van der Waals surface area contributed by atoms with Crippen LogP contribution in [0.3, 0.4) is 0 Å². The number of benzene rings is 2. The van der Waals surface area contributed by atoms with E-state index in [4.69, 9.17) is 21.1 Å². The van der Waals surface area contributed by atoms with Crippen LogP contribution in [0.2, 0.25) is 5.02 Å². The number of carbonyl (C=O) groups is 2. The lowest BCUT2D eigenvalue weighted by Crippen LogP contribution is -2.32. The highest BCUT2D eigenvalue weighted by Gasteiger charge is 2.29. The normalized spacial score (nSPS) is 17.6. The predicted octanol–water partition coefficient (Wildman–Crippen LogP) is 4.16. The van der Waals surface area contributed by atoms with Crippen molar-refractivity contribution < 1.29 is 19.1 Å². The molecule has 148 valence electrons. The number of carbonyl (C=O) groups excluding carboxylic acids is 2. The highest BCUT2D eigenvalue weighted by Crippen LogP contribution is 2.39.